The molecule has 0 amide bonds. The molecule has 164 valence electrons. The summed E-state index contributed by atoms with van der Waals surface area (Å²) in [5.74, 6) is -1.62. The van der Waals surface area contributed by atoms with E-state index in [0.717, 1.165) is 5.52 Å². The molecule has 4 nitrogen and oxygen atoms in total. The third kappa shape index (κ3) is 4.58. The number of aromatic carboxylic acids is 1. The van der Waals surface area contributed by atoms with Crippen molar-refractivity contribution in [3.63, 3.8) is 0 Å². The first-order valence-electron chi connectivity index (χ1n) is 10.7. The van der Waals surface area contributed by atoms with Crippen molar-refractivity contribution < 1.29 is 14.3 Å². The summed E-state index contributed by atoms with van der Waals surface area (Å²) in [6, 6.07) is 25.6. The number of carboxylic acid groups (broad SMARTS) is 1. The average Bonchev–Trinajstić information content (AvgIpc) is 2.83. The fourth-order valence-electron chi connectivity index (χ4n) is 3.82. The molecule has 0 spiro atoms. The predicted octanol–water partition coefficient (Wildman–Crippen LogP) is 7.10. The number of rotatable bonds is 3. The largest absolute Gasteiger partial charge is 0.478 e. The van der Waals surface area contributed by atoms with Crippen molar-refractivity contribution in [3.8, 4) is 11.1 Å². The molecule has 3 aromatic carbocycles. The van der Waals surface area contributed by atoms with Crippen molar-refractivity contribution in [2.75, 3.05) is 0 Å². The van der Waals surface area contributed by atoms with Crippen LogP contribution in [0.4, 0.5) is 4.39 Å². The Bertz CT molecular complexity index is 1380. The summed E-state index contributed by atoms with van der Waals surface area (Å²) in [7, 11) is 0. The van der Waals surface area contributed by atoms with Crippen molar-refractivity contribution in [1.29, 1.82) is 0 Å². The maximum Gasteiger partial charge on any atom is 0.338 e. The van der Waals surface area contributed by atoms with Gasteiger partial charge in [-0.2, -0.15) is 0 Å². The summed E-state index contributed by atoms with van der Waals surface area (Å²) in [6.07, 6.45) is 1.81. The van der Waals surface area contributed by atoms with Crippen molar-refractivity contribution in [3.05, 3.63) is 108 Å². The van der Waals surface area contributed by atoms with Crippen LogP contribution in [0.1, 0.15) is 35.8 Å². The van der Waals surface area contributed by atoms with E-state index in [1.165, 1.54) is 11.5 Å². The molecule has 0 aliphatic carbocycles. The fraction of sp³-hybridized carbons (Fsp3) is 0.107. The van der Waals surface area contributed by atoms with Gasteiger partial charge in [-0.05, 0) is 30.2 Å². The minimum absolute atomic E-state index is 0.0730. The minimum Gasteiger partial charge on any atom is -0.478 e. The number of nitrogens with zero attached hydrogens (tertiary/aromatic N) is 2. The van der Waals surface area contributed by atoms with E-state index in [2.05, 4.69) is 22.1 Å². The molecule has 5 rings (SSSR count). The lowest BCUT2D eigenvalue weighted by molar-refractivity contribution is 0.0695. The molecule has 0 saturated carbocycles. The van der Waals surface area contributed by atoms with Gasteiger partial charge in [-0.15, -0.1) is 0 Å². The van der Waals surface area contributed by atoms with Crippen LogP contribution in [0.15, 0.2) is 91.1 Å². The summed E-state index contributed by atoms with van der Waals surface area (Å²) < 4.78 is 14.4. The van der Waals surface area contributed by atoms with Crippen LogP contribution >= 0.6 is 0 Å². The summed E-state index contributed by atoms with van der Waals surface area (Å²) in [5.41, 5.74) is 2.94. The Hall–Kier alpha value is -4.12. The second kappa shape index (κ2) is 9.57. The Morgan fingerprint density at radius 3 is 2.18 bits per heavy atom. The highest BCUT2D eigenvalue weighted by atomic mass is 19.1. The Labute approximate surface area is 191 Å². The zero-order valence-corrected chi connectivity index (χ0v) is 18.4. The molecule has 0 unspecified atom stereocenters. The standard InChI is InChI=1S/C19H16FNO2.C9H7N/c1-11(2)18-17(19(22)23)16(12-7-3-5-9-14(12)20)13-8-4-6-10-15(13)21-18;1-2-6-9-8(4-1)5-3-7-10-9/h3-11H,1-2H3,(H,22,23);1-7H. The molecule has 0 aliphatic rings. The Morgan fingerprint density at radius 1 is 0.848 bits per heavy atom. The van der Waals surface area contributed by atoms with Gasteiger partial charge in [-0.1, -0.05) is 74.5 Å². The van der Waals surface area contributed by atoms with Crippen LogP contribution < -0.4 is 0 Å². The molecular formula is C28H23FN2O2. The van der Waals surface area contributed by atoms with E-state index in [1.54, 1.807) is 30.3 Å². The molecule has 0 fully saturated rings. The summed E-state index contributed by atoms with van der Waals surface area (Å²) >= 11 is 0. The van der Waals surface area contributed by atoms with Crippen LogP contribution in [0.2, 0.25) is 0 Å². The summed E-state index contributed by atoms with van der Waals surface area (Å²) in [5, 5.41) is 11.6. The third-order valence-corrected chi connectivity index (χ3v) is 5.34. The number of aromatic nitrogens is 2. The number of benzene rings is 3. The van der Waals surface area contributed by atoms with Gasteiger partial charge >= 0.3 is 5.97 Å². The number of carboxylic acids is 1. The highest BCUT2D eigenvalue weighted by Gasteiger charge is 2.24. The number of para-hydroxylation sites is 2. The first kappa shape index (κ1) is 22.1. The lowest BCUT2D eigenvalue weighted by Crippen LogP contribution is -2.10. The Morgan fingerprint density at radius 2 is 1.48 bits per heavy atom. The van der Waals surface area contributed by atoms with E-state index in [9.17, 15) is 14.3 Å². The lowest BCUT2D eigenvalue weighted by Gasteiger charge is -2.17. The maximum absolute atomic E-state index is 14.4. The number of hydrogen-bond donors (Lipinski definition) is 1. The highest BCUT2D eigenvalue weighted by Crippen LogP contribution is 2.36. The molecule has 2 heterocycles. The average molecular weight is 439 g/mol. The van der Waals surface area contributed by atoms with Crippen LogP contribution in [0.5, 0.6) is 0 Å². The van der Waals surface area contributed by atoms with Crippen molar-refractivity contribution >= 4 is 27.8 Å². The van der Waals surface area contributed by atoms with Crippen LogP contribution in [0.25, 0.3) is 32.9 Å². The first-order chi connectivity index (χ1) is 16.0. The molecule has 5 aromatic rings. The molecule has 0 aliphatic heterocycles. The molecule has 5 heteroatoms. The van der Waals surface area contributed by atoms with Gasteiger partial charge in [-0.3, -0.25) is 9.97 Å². The first-order valence-corrected chi connectivity index (χ1v) is 10.7. The molecule has 0 saturated heterocycles. The number of fused-ring (bicyclic) bond motifs is 2. The van der Waals surface area contributed by atoms with E-state index >= 15 is 0 Å². The monoisotopic (exact) mass is 438 g/mol. The molecular weight excluding hydrogens is 415 g/mol. The summed E-state index contributed by atoms with van der Waals surface area (Å²) in [4.78, 5) is 20.6. The van der Waals surface area contributed by atoms with E-state index in [1.807, 2.05) is 56.4 Å². The topological polar surface area (TPSA) is 63.1 Å². The SMILES string of the molecule is CC(C)c1nc2ccccc2c(-c2ccccc2F)c1C(=O)O.c1ccc2ncccc2c1. The summed E-state index contributed by atoms with van der Waals surface area (Å²) in [6.45, 7) is 3.77. The smallest absolute Gasteiger partial charge is 0.338 e. The predicted molar refractivity (Wildman–Crippen MR) is 130 cm³/mol. The van der Waals surface area contributed by atoms with Gasteiger partial charge in [0.15, 0.2) is 0 Å². The quantitative estimate of drug-likeness (QED) is 0.326. The highest BCUT2D eigenvalue weighted by molar-refractivity contribution is 6.07. The van der Waals surface area contributed by atoms with E-state index in [-0.39, 0.29) is 17.0 Å². The molecule has 1 N–H and O–H groups in total. The molecule has 0 atom stereocenters. The van der Waals surface area contributed by atoms with Gasteiger partial charge in [-0.25, -0.2) is 9.18 Å². The lowest BCUT2D eigenvalue weighted by atomic mass is 9.91. The van der Waals surface area contributed by atoms with Gasteiger partial charge in [0.05, 0.1) is 22.3 Å². The number of halogens is 1. The number of pyridine rings is 2. The third-order valence-electron chi connectivity index (χ3n) is 5.34. The maximum atomic E-state index is 14.4. The van der Waals surface area contributed by atoms with E-state index in [4.69, 9.17) is 0 Å². The minimum atomic E-state index is -1.09. The van der Waals surface area contributed by atoms with Crippen molar-refractivity contribution in [2.45, 2.75) is 19.8 Å². The van der Waals surface area contributed by atoms with Gasteiger partial charge in [0.25, 0.3) is 0 Å². The van der Waals surface area contributed by atoms with Crippen LogP contribution in [-0.2, 0) is 0 Å². The second-order valence-corrected chi connectivity index (χ2v) is 7.90. The second-order valence-electron chi connectivity index (χ2n) is 7.90. The van der Waals surface area contributed by atoms with Gasteiger partial charge < -0.3 is 5.11 Å². The van der Waals surface area contributed by atoms with Gasteiger partial charge in [0.1, 0.15) is 5.82 Å². The normalized spacial score (nSPS) is 10.8. The van der Waals surface area contributed by atoms with Crippen molar-refractivity contribution in [1.82, 2.24) is 9.97 Å². The van der Waals surface area contributed by atoms with E-state index < -0.39 is 11.8 Å². The molecule has 0 bridgehead atoms. The zero-order valence-electron chi connectivity index (χ0n) is 18.4. The molecule has 0 radical (unpaired) electrons. The number of hydrogen-bond acceptors (Lipinski definition) is 3. The van der Waals surface area contributed by atoms with Crippen LogP contribution in [-0.4, -0.2) is 21.0 Å². The van der Waals surface area contributed by atoms with E-state index in [0.29, 0.717) is 22.2 Å². The van der Waals surface area contributed by atoms with Crippen molar-refractivity contribution in [2.24, 2.45) is 0 Å². The molecule has 2 aromatic heterocycles. The number of carbonyl (C=O) groups is 1. The van der Waals surface area contributed by atoms with Gasteiger partial charge in [0, 0.05) is 28.1 Å². The Kier molecular flexibility index (Phi) is 6.41. The zero-order chi connectivity index (χ0) is 23.4. The van der Waals surface area contributed by atoms with Gasteiger partial charge in [0.2, 0.25) is 0 Å². The molecule has 33 heavy (non-hydrogen) atoms. The Balaban J connectivity index is 0.000000214. The fourth-order valence-corrected chi connectivity index (χ4v) is 3.82. The van der Waals surface area contributed by atoms with Crippen LogP contribution in [0.3, 0.4) is 0 Å². The van der Waals surface area contributed by atoms with Crippen LogP contribution in [0, 0.1) is 5.82 Å².